The lowest BCUT2D eigenvalue weighted by Crippen LogP contribution is -2.47. The first-order valence-electron chi connectivity index (χ1n) is 7.67. The van der Waals surface area contributed by atoms with E-state index in [0.717, 1.165) is 18.9 Å². The van der Waals surface area contributed by atoms with Crippen LogP contribution in [0.2, 0.25) is 5.15 Å². The van der Waals surface area contributed by atoms with Gasteiger partial charge in [-0.2, -0.15) is 0 Å². The van der Waals surface area contributed by atoms with Crippen molar-refractivity contribution in [3.63, 3.8) is 0 Å². The zero-order chi connectivity index (χ0) is 15.5. The van der Waals surface area contributed by atoms with E-state index in [9.17, 15) is 0 Å². The van der Waals surface area contributed by atoms with Gasteiger partial charge in [-0.1, -0.05) is 29.8 Å². The molecule has 1 unspecified atom stereocenters. The Kier molecular flexibility index (Phi) is 4.48. The van der Waals surface area contributed by atoms with Crippen molar-refractivity contribution in [1.29, 1.82) is 0 Å². The number of hydrogen-bond acceptors (Lipinski definition) is 4. The van der Waals surface area contributed by atoms with Crippen LogP contribution in [-0.4, -0.2) is 36.1 Å². The number of anilines is 2. The van der Waals surface area contributed by atoms with E-state index in [-0.39, 0.29) is 0 Å². The maximum atomic E-state index is 6.07. The molecule has 22 heavy (non-hydrogen) atoms. The van der Waals surface area contributed by atoms with Gasteiger partial charge in [0, 0.05) is 37.9 Å². The molecule has 0 spiro atoms. The molecule has 1 fully saturated rings. The standard InChI is InChI=1S/C17H21ClN4/c1-13-19-16(18)11-17(20-13)21(2)15-9-6-10-22(12-15)14-7-4-3-5-8-14/h3-5,7-8,11,15H,6,9-10,12H2,1-2H3. The second kappa shape index (κ2) is 6.53. The fourth-order valence-corrected chi connectivity index (χ4v) is 3.25. The van der Waals surface area contributed by atoms with Crippen LogP contribution in [0.5, 0.6) is 0 Å². The van der Waals surface area contributed by atoms with Crippen LogP contribution in [0.1, 0.15) is 18.7 Å². The van der Waals surface area contributed by atoms with Crippen molar-refractivity contribution < 1.29 is 0 Å². The zero-order valence-corrected chi connectivity index (χ0v) is 13.8. The van der Waals surface area contributed by atoms with Crippen LogP contribution in [0.15, 0.2) is 36.4 Å². The summed E-state index contributed by atoms with van der Waals surface area (Å²) in [5.41, 5.74) is 1.29. The van der Waals surface area contributed by atoms with E-state index in [1.165, 1.54) is 18.5 Å². The van der Waals surface area contributed by atoms with E-state index in [1.54, 1.807) is 0 Å². The second-order valence-corrected chi connectivity index (χ2v) is 6.17. The maximum absolute atomic E-state index is 6.07. The smallest absolute Gasteiger partial charge is 0.134 e. The Hall–Kier alpha value is -1.81. The van der Waals surface area contributed by atoms with Crippen LogP contribution in [0.25, 0.3) is 0 Å². The van der Waals surface area contributed by atoms with Gasteiger partial charge in [-0.05, 0) is 31.9 Å². The summed E-state index contributed by atoms with van der Waals surface area (Å²) in [5, 5.41) is 0.505. The highest BCUT2D eigenvalue weighted by molar-refractivity contribution is 6.29. The molecular formula is C17H21ClN4. The van der Waals surface area contributed by atoms with Crippen LogP contribution in [0, 0.1) is 6.92 Å². The van der Waals surface area contributed by atoms with Crippen LogP contribution in [0.3, 0.4) is 0 Å². The summed E-state index contributed by atoms with van der Waals surface area (Å²) >= 11 is 6.07. The lowest BCUT2D eigenvalue weighted by molar-refractivity contribution is 0.485. The number of benzene rings is 1. The molecular weight excluding hydrogens is 296 g/mol. The van der Waals surface area contributed by atoms with Gasteiger partial charge in [-0.3, -0.25) is 0 Å². The predicted molar refractivity (Wildman–Crippen MR) is 91.9 cm³/mol. The van der Waals surface area contributed by atoms with Crippen molar-refractivity contribution in [2.24, 2.45) is 0 Å². The Morgan fingerprint density at radius 3 is 2.73 bits per heavy atom. The van der Waals surface area contributed by atoms with Crippen molar-refractivity contribution in [2.45, 2.75) is 25.8 Å². The third kappa shape index (κ3) is 3.33. The number of nitrogens with zero attached hydrogens (tertiary/aromatic N) is 4. The average Bonchev–Trinajstić information content (AvgIpc) is 2.54. The Bertz CT molecular complexity index is 612. The summed E-state index contributed by atoms with van der Waals surface area (Å²) in [6.45, 7) is 3.99. The molecule has 0 saturated carbocycles. The van der Waals surface area contributed by atoms with Crippen LogP contribution in [-0.2, 0) is 0 Å². The minimum atomic E-state index is 0.430. The average molecular weight is 317 g/mol. The minimum Gasteiger partial charge on any atom is -0.369 e. The molecule has 1 aliphatic heterocycles. The lowest BCUT2D eigenvalue weighted by Gasteiger charge is -2.39. The quantitative estimate of drug-likeness (QED) is 0.811. The van der Waals surface area contributed by atoms with Gasteiger partial charge in [0.05, 0.1) is 0 Å². The minimum absolute atomic E-state index is 0.430. The number of para-hydroxylation sites is 1. The van der Waals surface area contributed by atoms with Crippen molar-refractivity contribution in [2.75, 3.05) is 29.9 Å². The van der Waals surface area contributed by atoms with Crippen LogP contribution in [0.4, 0.5) is 11.5 Å². The van der Waals surface area contributed by atoms with E-state index >= 15 is 0 Å². The molecule has 2 heterocycles. The Balaban J connectivity index is 1.76. The van der Waals surface area contributed by atoms with Crippen molar-refractivity contribution in [1.82, 2.24) is 9.97 Å². The Morgan fingerprint density at radius 2 is 2.00 bits per heavy atom. The van der Waals surface area contributed by atoms with Gasteiger partial charge in [0.15, 0.2) is 0 Å². The number of rotatable bonds is 3. The molecule has 0 N–H and O–H groups in total. The first kappa shape index (κ1) is 15.1. The third-order valence-electron chi connectivity index (χ3n) is 4.22. The highest BCUT2D eigenvalue weighted by Gasteiger charge is 2.24. The normalized spacial score (nSPS) is 18.3. The molecule has 0 aliphatic carbocycles. The topological polar surface area (TPSA) is 32.3 Å². The van der Waals surface area contributed by atoms with Crippen LogP contribution < -0.4 is 9.80 Å². The first-order chi connectivity index (χ1) is 10.6. The molecule has 1 aromatic carbocycles. The fraction of sp³-hybridized carbons (Fsp3) is 0.412. The number of hydrogen-bond donors (Lipinski definition) is 0. The SMILES string of the molecule is Cc1nc(Cl)cc(N(C)C2CCCN(c3ccccc3)C2)n1. The summed E-state index contributed by atoms with van der Waals surface area (Å²) in [6.07, 6.45) is 2.35. The van der Waals surface area contributed by atoms with Gasteiger partial charge in [0.2, 0.25) is 0 Å². The Labute approximate surface area is 136 Å². The molecule has 5 heteroatoms. The van der Waals surface area contributed by atoms with Gasteiger partial charge < -0.3 is 9.80 Å². The predicted octanol–water partition coefficient (Wildman–Crippen LogP) is 3.54. The largest absolute Gasteiger partial charge is 0.369 e. The Morgan fingerprint density at radius 1 is 1.23 bits per heavy atom. The number of aryl methyl sites for hydroxylation is 1. The molecule has 116 valence electrons. The number of aromatic nitrogens is 2. The van der Waals surface area contributed by atoms with Crippen molar-refractivity contribution >= 4 is 23.1 Å². The van der Waals surface area contributed by atoms with Gasteiger partial charge in [0.25, 0.3) is 0 Å². The molecule has 2 aromatic rings. The monoisotopic (exact) mass is 316 g/mol. The van der Waals surface area contributed by atoms with Gasteiger partial charge in [-0.15, -0.1) is 0 Å². The fourth-order valence-electron chi connectivity index (χ4n) is 3.03. The highest BCUT2D eigenvalue weighted by Crippen LogP contribution is 2.25. The molecule has 0 bridgehead atoms. The zero-order valence-electron chi connectivity index (χ0n) is 13.0. The first-order valence-corrected chi connectivity index (χ1v) is 8.05. The summed E-state index contributed by atoms with van der Waals surface area (Å²) in [7, 11) is 2.09. The lowest BCUT2D eigenvalue weighted by atomic mass is 10.0. The molecule has 3 rings (SSSR count). The molecule has 0 amide bonds. The van der Waals surface area contributed by atoms with Gasteiger partial charge in [0.1, 0.15) is 16.8 Å². The number of halogens is 1. The van der Waals surface area contributed by atoms with Crippen molar-refractivity contribution in [3.8, 4) is 0 Å². The van der Waals surface area contributed by atoms with Gasteiger partial charge in [-0.25, -0.2) is 9.97 Å². The number of piperidine rings is 1. The second-order valence-electron chi connectivity index (χ2n) is 5.78. The summed E-state index contributed by atoms with van der Waals surface area (Å²) < 4.78 is 0. The van der Waals surface area contributed by atoms with Crippen molar-refractivity contribution in [3.05, 3.63) is 47.4 Å². The summed E-state index contributed by atoms with van der Waals surface area (Å²) in [6, 6.07) is 12.9. The molecule has 4 nitrogen and oxygen atoms in total. The molecule has 1 aliphatic rings. The van der Waals surface area contributed by atoms with Crippen LogP contribution >= 0.6 is 11.6 Å². The summed E-state index contributed by atoms with van der Waals surface area (Å²) in [5.74, 6) is 1.61. The maximum Gasteiger partial charge on any atom is 0.134 e. The molecule has 1 atom stereocenters. The van der Waals surface area contributed by atoms with Gasteiger partial charge >= 0.3 is 0 Å². The van der Waals surface area contributed by atoms with E-state index in [4.69, 9.17) is 11.6 Å². The van der Waals surface area contributed by atoms with E-state index in [0.29, 0.717) is 17.0 Å². The third-order valence-corrected chi connectivity index (χ3v) is 4.41. The molecule has 1 aromatic heterocycles. The molecule has 1 saturated heterocycles. The highest BCUT2D eigenvalue weighted by atomic mass is 35.5. The summed E-state index contributed by atoms with van der Waals surface area (Å²) in [4.78, 5) is 13.3. The number of likely N-dealkylation sites (N-methyl/N-ethyl adjacent to an activating group) is 1. The van der Waals surface area contributed by atoms with E-state index in [1.807, 2.05) is 13.0 Å². The molecule has 0 radical (unpaired) electrons. The van der Waals surface area contributed by atoms with E-state index < -0.39 is 0 Å². The van der Waals surface area contributed by atoms with E-state index in [2.05, 4.69) is 57.1 Å².